The van der Waals surface area contributed by atoms with Gasteiger partial charge in [0.1, 0.15) is 12.1 Å². The number of aliphatic carboxylic acids is 1. The van der Waals surface area contributed by atoms with Crippen molar-refractivity contribution in [3.05, 3.63) is 35.9 Å². The fourth-order valence-electron chi connectivity index (χ4n) is 1.18. The Hall–Kier alpha value is -1.88. The van der Waals surface area contributed by atoms with E-state index in [1.807, 2.05) is 6.07 Å². The fraction of sp³-hybridized carbons (Fsp3) is 0.273. The van der Waals surface area contributed by atoms with E-state index in [1.165, 1.54) is 6.92 Å². The molecule has 0 bridgehead atoms. The van der Waals surface area contributed by atoms with Crippen LogP contribution in [0.1, 0.15) is 18.5 Å². The van der Waals surface area contributed by atoms with Crippen LogP contribution in [0.5, 0.6) is 0 Å². The van der Waals surface area contributed by atoms with Crippen LogP contribution in [-0.4, -0.2) is 23.0 Å². The molecule has 1 amide bonds. The summed E-state index contributed by atoms with van der Waals surface area (Å²) < 4.78 is 0. The molecule has 5 heteroatoms. The van der Waals surface area contributed by atoms with Crippen molar-refractivity contribution in [2.45, 2.75) is 19.0 Å². The predicted octanol–water partition coefficient (Wildman–Crippen LogP) is 0.276. The van der Waals surface area contributed by atoms with Gasteiger partial charge in [0.2, 0.25) is 5.91 Å². The van der Waals surface area contributed by atoms with Gasteiger partial charge in [-0.15, -0.1) is 0 Å². The van der Waals surface area contributed by atoms with Gasteiger partial charge in [-0.2, -0.15) is 0 Å². The molecule has 5 nitrogen and oxygen atoms in total. The van der Waals surface area contributed by atoms with Crippen LogP contribution in [0.3, 0.4) is 0 Å². The second kappa shape index (κ2) is 5.27. The van der Waals surface area contributed by atoms with Crippen molar-refractivity contribution >= 4 is 11.9 Å². The topological polar surface area (TPSA) is 92.4 Å². The van der Waals surface area contributed by atoms with Crippen molar-refractivity contribution in [1.82, 2.24) is 5.32 Å². The average Bonchev–Trinajstić information content (AvgIpc) is 2.28. The first-order chi connectivity index (χ1) is 7.52. The number of amides is 1. The van der Waals surface area contributed by atoms with Crippen molar-refractivity contribution in [1.29, 1.82) is 0 Å². The van der Waals surface area contributed by atoms with Crippen LogP contribution in [-0.2, 0) is 9.59 Å². The normalized spacial score (nSPS) is 13.9. The molecule has 86 valence electrons. The van der Waals surface area contributed by atoms with Gasteiger partial charge in [-0.3, -0.25) is 9.59 Å². The standard InChI is InChI=1S/C11H14N2O3/c1-7(11(15)16)13-10(14)9(12)8-5-3-2-4-6-8/h2-7,9H,12H2,1H3,(H,13,14)(H,15,16). The van der Waals surface area contributed by atoms with E-state index >= 15 is 0 Å². The minimum Gasteiger partial charge on any atom is -0.480 e. The first kappa shape index (κ1) is 12.2. The van der Waals surface area contributed by atoms with Gasteiger partial charge in [0.25, 0.3) is 0 Å². The van der Waals surface area contributed by atoms with Crippen LogP contribution in [0, 0.1) is 0 Å². The highest BCUT2D eigenvalue weighted by molar-refractivity contribution is 5.87. The van der Waals surface area contributed by atoms with Gasteiger partial charge in [-0.1, -0.05) is 30.3 Å². The van der Waals surface area contributed by atoms with E-state index in [0.29, 0.717) is 5.56 Å². The van der Waals surface area contributed by atoms with Crippen molar-refractivity contribution in [3.8, 4) is 0 Å². The monoisotopic (exact) mass is 222 g/mol. The van der Waals surface area contributed by atoms with E-state index < -0.39 is 24.0 Å². The molecule has 1 aromatic rings. The molecule has 0 radical (unpaired) electrons. The highest BCUT2D eigenvalue weighted by atomic mass is 16.4. The van der Waals surface area contributed by atoms with E-state index in [1.54, 1.807) is 24.3 Å². The molecule has 0 fully saturated rings. The predicted molar refractivity (Wildman–Crippen MR) is 58.6 cm³/mol. The molecule has 4 N–H and O–H groups in total. The maximum atomic E-state index is 11.6. The van der Waals surface area contributed by atoms with Crippen molar-refractivity contribution < 1.29 is 14.7 Å². The summed E-state index contributed by atoms with van der Waals surface area (Å²) in [5, 5.41) is 10.9. The number of benzene rings is 1. The van der Waals surface area contributed by atoms with E-state index in [4.69, 9.17) is 10.8 Å². The summed E-state index contributed by atoms with van der Waals surface area (Å²) in [5.41, 5.74) is 6.33. The second-order valence-corrected chi connectivity index (χ2v) is 3.46. The van der Waals surface area contributed by atoms with Crippen molar-refractivity contribution in [3.63, 3.8) is 0 Å². The first-order valence-corrected chi connectivity index (χ1v) is 4.86. The zero-order chi connectivity index (χ0) is 12.1. The third kappa shape index (κ3) is 3.06. The first-order valence-electron chi connectivity index (χ1n) is 4.86. The molecular weight excluding hydrogens is 208 g/mol. The lowest BCUT2D eigenvalue weighted by molar-refractivity contribution is -0.141. The van der Waals surface area contributed by atoms with E-state index in [9.17, 15) is 9.59 Å². The molecule has 16 heavy (non-hydrogen) atoms. The molecule has 0 heterocycles. The molecule has 1 aromatic carbocycles. The molecule has 0 aliphatic carbocycles. The average molecular weight is 222 g/mol. The van der Waals surface area contributed by atoms with Crippen LogP contribution in [0.4, 0.5) is 0 Å². The Labute approximate surface area is 93.3 Å². The van der Waals surface area contributed by atoms with Gasteiger partial charge in [-0.05, 0) is 12.5 Å². The quantitative estimate of drug-likeness (QED) is 0.682. The molecular formula is C11H14N2O3. The number of carbonyl (C=O) groups is 2. The molecule has 0 spiro atoms. The number of hydrogen-bond donors (Lipinski definition) is 3. The van der Waals surface area contributed by atoms with Crippen LogP contribution >= 0.6 is 0 Å². The smallest absolute Gasteiger partial charge is 0.325 e. The number of carboxylic acid groups (broad SMARTS) is 1. The van der Waals surface area contributed by atoms with Crippen LogP contribution in [0.25, 0.3) is 0 Å². The number of carbonyl (C=O) groups excluding carboxylic acids is 1. The lowest BCUT2D eigenvalue weighted by Crippen LogP contribution is -2.43. The third-order valence-corrected chi connectivity index (χ3v) is 2.17. The van der Waals surface area contributed by atoms with Gasteiger partial charge in [0.05, 0.1) is 0 Å². The molecule has 1 rings (SSSR count). The van der Waals surface area contributed by atoms with Gasteiger partial charge < -0.3 is 16.2 Å². The van der Waals surface area contributed by atoms with E-state index in [0.717, 1.165) is 0 Å². The minimum atomic E-state index is -1.09. The maximum absolute atomic E-state index is 11.6. The van der Waals surface area contributed by atoms with Crippen molar-refractivity contribution in [2.75, 3.05) is 0 Å². The Balaban J connectivity index is 2.65. The summed E-state index contributed by atoms with van der Waals surface area (Å²) in [6.45, 7) is 1.39. The van der Waals surface area contributed by atoms with Crippen LogP contribution < -0.4 is 11.1 Å². The largest absolute Gasteiger partial charge is 0.480 e. The summed E-state index contributed by atoms with van der Waals surface area (Å²) in [6, 6.07) is 7.00. The molecule has 0 saturated carbocycles. The molecule has 2 unspecified atom stereocenters. The Morgan fingerprint density at radius 3 is 2.38 bits per heavy atom. The SMILES string of the molecule is CC(NC(=O)C(N)c1ccccc1)C(=O)O. The lowest BCUT2D eigenvalue weighted by Gasteiger charge is -2.14. The lowest BCUT2D eigenvalue weighted by atomic mass is 10.1. The Morgan fingerprint density at radius 1 is 1.31 bits per heavy atom. The van der Waals surface area contributed by atoms with Gasteiger partial charge in [0.15, 0.2) is 0 Å². The Kier molecular flexibility index (Phi) is 4.02. The Bertz CT molecular complexity index is 378. The molecule has 2 atom stereocenters. The fourth-order valence-corrected chi connectivity index (χ4v) is 1.18. The highest BCUT2D eigenvalue weighted by Gasteiger charge is 2.20. The summed E-state index contributed by atoms with van der Waals surface area (Å²) >= 11 is 0. The number of hydrogen-bond acceptors (Lipinski definition) is 3. The number of nitrogens with two attached hydrogens (primary N) is 1. The number of rotatable bonds is 4. The molecule has 0 saturated heterocycles. The van der Waals surface area contributed by atoms with Crippen LogP contribution in [0.15, 0.2) is 30.3 Å². The molecule has 0 aliphatic rings. The zero-order valence-corrected chi connectivity index (χ0v) is 8.88. The summed E-state index contributed by atoms with van der Waals surface area (Å²) in [4.78, 5) is 22.1. The Morgan fingerprint density at radius 2 is 1.88 bits per heavy atom. The maximum Gasteiger partial charge on any atom is 0.325 e. The summed E-state index contributed by atoms with van der Waals surface area (Å²) in [7, 11) is 0. The van der Waals surface area contributed by atoms with Crippen molar-refractivity contribution in [2.24, 2.45) is 5.73 Å². The summed E-state index contributed by atoms with van der Waals surface area (Å²) in [5.74, 6) is -1.59. The molecule has 0 aliphatic heterocycles. The van der Waals surface area contributed by atoms with Gasteiger partial charge in [-0.25, -0.2) is 0 Å². The van der Waals surface area contributed by atoms with Gasteiger partial charge >= 0.3 is 5.97 Å². The second-order valence-electron chi connectivity index (χ2n) is 3.46. The summed E-state index contributed by atoms with van der Waals surface area (Å²) in [6.07, 6.45) is 0. The highest BCUT2D eigenvalue weighted by Crippen LogP contribution is 2.09. The zero-order valence-electron chi connectivity index (χ0n) is 8.88. The van der Waals surface area contributed by atoms with E-state index in [-0.39, 0.29) is 0 Å². The van der Waals surface area contributed by atoms with Crippen LogP contribution in [0.2, 0.25) is 0 Å². The third-order valence-electron chi connectivity index (χ3n) is 2.17. The molecule has 0 aromatic heterocycles. The van der Waals surface area contributed by atoms with Gasteiger partial charge in [0, 0.05) is 0 Å². The number of carboxylic acids is 1. The number of nitrogens with one attached hydrogen (secondary N) is 1. The minimum absolute atomic E-state index is 0.499. The van der Waals surface area contributed by atoms with E-state index in [2.05, 4.69) is 5.32 Å².